The molecule has 0 aliphatic rings. The molecule has 0 spiro atoms. The Balaban J connectivity index is 1.99. The molecular weight excluding hydrogens is 369 g/mol. The van der Waals surface area contributed by atoms with Gasteiger partial charge in [-0.25, -0.2) is 10.2 Å². The first-order valence-corrected chi connectivity index (χ1v) is 6.83. The largest absolute Gasteiger partial charge is 0.457 e. The summed E-state index contributed by atoms with van der Waals surface area (Å²) < 4.78 is 6.85. The average Bonchev–Trinajstić information content (AvgIpc) is 2.43. The van der Waals surface area contributed by atoms with Crippen LogP contribution in [0.2, 0.25) is 0 Å². The number of benzene rings is 2. The first-order chi connectivity index (χ1) is 9.63. The van der Waals surface area contributed by atoms with Crippen LogP contribution < -0.4 is 15.9 Å². The van der Waals surface area contributed by atoms with Gasteiger partial charge in [-0.15, -0.1) is 0 Å². The minimum absolute atomic E-state index is 0.695. The van der Waals surface area contributed by atoms with E-state index in [0.717, 1.165) is 20.6 Å². The van der Waals surface area contributed by atoms with Gasteiger partial charge in [0.25, 0.3) is 0 Å². The number of carbonyl (C=O) groups excluding carboxylic acids is 1. The zero-order chi connectivity index (χ0) is 14.4. The smallest absolute Gasteiger partial charge is 0.332 e. The standard InChI is InChI=1S/C14H12IN3O2/c15-11-3-7-13(8-4-11)20-12-5-1-10(2-6-12)9-17-18-14(16)19/h1-9H,(H3,16,18,19)/b17-9+. The fourth-order valence-electron chi connectivity index (χ4n) is 1.43. The van der Waals surface area contributed by atoms with Gasteiger partial charge in [-0.05, 0) is 76.7 Å². The number of ether oxygens (including phenoxy) is 1. The summed E-state index contributed by atoms with van der Waals surface area (Å²) in [6.45, 7) is 0. The van der Waals surface area contributed by atoms with Crippen molar-refractivity contribution in [1.29, 1.82) is 0 Å². The number of halogens is 1. The number of urea groups is 1. The summed E-state index contributed by atoms with van der Waals surface area (Å²) in [5.74, 6) is 1.51. The zero-order valence-electron chi connectivity index (χ0n) is 10.4. The zero-order valence-corrected chi connectivity index (χ0v) is 12.6. The van der Waals surface area contributed by atoms with Gasteiger partial charge in [0.2, 0.25) is 0 Å². The van der Waals surface area contributed by atoms with E-state index >= 15 is 0 Å². The Kier molecular flexibility index (Phi) is 4.94. The molecule has 102 valence electrons. The number of hydrazone groups is 1. The van der Waals surface area contributed by atoms with Crippen molar-refractivity contribution in [3.63, 3.8) is 0 Å². The Morgan fingerprint density at radius 3 is 2.20 bits per heavy atom. The summed E-state index contributed by atoms with van der Waals surface area (Å²) >= 11 is 2.24. The molecule has 0 saturated heterocycles. The molecule has 0 bridgehead atoms. The van der Waals surface area contributed by atoms with Crippen molar-refractivity contribution in [2.45, 2.75) is 0 Å². The van der Waals surface area contributed by atoms with E-state index in [4.69, 9.17) is 10.5 Å². The molecule has 2 aromatic rings. The number of primary amides is 1. The summed E-state index contributed by atoms with van der Waals surface area (Å²) in [5, 5.41) is 3.67. The minimum atomic E-state index is -0.695. The molecule has 20 heavy (non-hydrogen) atoms. The molecule has 5 nitrogen and oxygen atoms in total. The SMILES string of the molecule is NC(=O)N/N=C/c1ccc(Oc2ccc(I)cc2)cc1. The van der Waals surface area contributed by atoms with Gasteiger partial charge >= 0.3 is 6.03 Å². The van der Waals surface area contributed by atoms with Crippen molar-refractivity contribution in [2.24, 2.45) is 10.8 Å². The quantitative estimate of drug-likeness (QED) is 0.485. The summed E-state index contributed by atoms with van der Waals surface area (Å²) in [7, 11) is 0. The van der Waals surface area contributed by atoms with Crippen molar-refractivity contribution in [3.05, 3.63) is 57.7 Å². The molecule has 0 fully saturated rings. The van der Waals surface area contributed by atoms with Crippen LogP contribution in [0.15, 0.2) is 53.6 Å². The lowest BCUT2D eigenvalue weighted by molar-refractivity contribution is 0.249. The Bertz CT molecular complexity index is 609. The summed E-state index contributed by atoms with van der Waals surface area (Å²) in [4.78, 5) is 10.4. The lowest BCUT2D eigenvalue weighted by Crippen LogP contribution is -2.24. The molecule has 2 rings (SSSR count). The highest BCUT2D eigenvalue weighted by molar-refractivity contribution is 14.1. The molecular formula is C14H12IN3O2. The van der Waals surface area contributed by atoms with Crippen LogP contribution in [-0.2, 0) is 0 Å². The van der Waals surface area contributed by atoms with E-state index in [1.165, 1.54) is 6.21 Å². The van der Waals surface area contributed by atoms with Gasteiger partial charge in [0.1, 0.15) is 11.5 Å². The molecule has 0 atom stereocenters. The highest BCUT2D eigenvalue weighted by Crippen LogP contribution is 2.22. The van der Waals surface area contributed by atoms with E-state index < -0.39 is 6.03 Å². The minimum Gasteiger partial charge on any atom is -0.457 e. The Morgan fingerprint density at radius 2 is 1.65 bits per heavy atom. The van der Waals surface area contributed by atoms with Crippen molar-refractivity contribution in [1.82, 2.24) is 5.43 Å². The number of hydrogen-bond donors (Lipinski definition) is 2. The van der Waals surface area contributed by atoms with E-state index in [1.54, 1.807) is 0 Å². The molecule has 6 heteroatoms. The molecule has 2 aromatic carbocycles. The number of amides is 2. The van der Waals surface area contributed by atoms with Gasteiger partial charge in [-0.1, -0.05) is 0 Å². The van der Waals surface area contributed by atoms with Gasteiger partial charge in [0.15, 0.2) is 0 Å². The van der Waals surface area contributed by atoms with Gasteiger partial charge in [-0.3, -0.25) is 0 Å². The highest BCUT2D eigenvalue weighted by Gasteiger charge is 1.97. The van der Waals surface area contributed by atoms with Crippen LogP contribution in [-0.4, -0.2) is 12.2 Å². The van der Waals surface area contributed by atoms with Crippen LogP contribution in [0.1, 0.15) is 5.56 Å². The second-order valence-corrected chi connectivity index (χ2v) is 5.10. The topological polar surface area (TPSA) is 76.7 Å². The molecule has 0 aromatic heterocycles. The first-order valence-electron chi connectivity index (χ1n) is 5.75. The number of nitrogens with two attached hydrogens (primary N) is 1. The maximum absolute atomic E-state index is 10.4. The highest BCUT2D eigenvalue weighted by atomic mass is 127. The van der Waals surface area contributed by atoms with Crippen LogP contribution in [0.5, 0.6) is 11.5 Å². The van der Waals surface area contributed by atoms with Crippen LogP contribution in [0.3, 0.4) is 0 Å². The number of carbonyl (C=O) groups is 1. The fourth-order valence-corrected chi connectivity index (χ4v) is 1.79. The van der Waals surface area contributed by atoms with Crippen molar-refractivity contribution in [2.75, 3.05) is 0 Å². The average molecular weight is 381 g/mol. The third-order valence-electron chi connectivity index (χ3n) is 2.32. The maximum Gasteiger partial charge on any atom is 0.332 e. The van der Waals surface area contributed by atoms with Crippen LogP contribution in [0, 0.1) is 3.57 Å². The molecule has 0 heterocycles. The molecule has 0 radical (unpaired) electrons. The second kappa shape index (κ2) is 6.90. The fraction of sp³-hybridized carbons (Fsp3) is 0. The molecule has 0 aliphatic heterocycles. The predicted octanol–water partition coefficient (Wildman–Crippen LogP) is 3.09. The van der Waals surface area contributed by atoms with E-state index in [2.05, 4.69) is 33.1 Å². The van der Waals surface area contributed by atoms with Gasteiger partial charge in [-0.2, -0.15) is 5.10 Å². The predicted molar refractivity (Wildman–Crippen MR) is 86.0 cm³/mol. The number of nitrogens with zero attached hydrogens (tertiary/aromatic N) is 1. The van der Waals surface area contributed by atoms with Crippen LogP contribution in [0.25, 0.3) is 0 Å². The lowest BCUT2D eigenvalue weighted by Gasteiger charge is -2.05. The third kappa shape index (κ3) is 4.54. The van der Waals surface area contributed by atoms with Crippen molar-refractivity contribution < 1.29 is 9.53 Å². The maximum atomic E-state index is 10.4. The van der Waals surface area contributed by atoms with E-state index in [0.29, 0.717) is 0 Å². The monoisotopic (exact) mass is 381 g/mol. The van der Waals surface area contributed by atoms with Gasteiger partial charge < -0.3 is 10.5 Å². The Morgan fingerprint density at radius 1 is 1.10 bits per heavy atom. The Labute approximate surface area is 130 Å². The third-order valence-corrected chi connectivity index (χ3v) is 3.04. The lowest BCUT2D eigenvalue weighted by atomic mass is 10.2. The second-order valence-electron chi connectivity index (χ2n) is 3.86. The van der Waals surface area contributed by atoms with E-state index in [-0.39, 0.29) is 0 Å². The number of nitrogens with one attached hydrogen (secondary N) is 1. The van der Waals surface area contributed by atoms with Crippen molar-refractivity contribution >= 4 is 34.8 Å². The summed E-state index contributed by atoms with van der Waals surface area (Å²) in [6.07, 6.45) is 1.50. The molecule has 0 saturated carbocycles. The van der Waals surface area contributed by atoms with Gasteiger partial charge in [0, 0.05) is 3.57 Å². The first kappa shape index (κ1) is 14.3. The molecule has 0 aliphatic carbocycles. The number of rotatable bonds is 4. The van der Waals surface area contributed by atoms with Crippen LogP contribution >= 0.6 is 22.6 Å². The van der Waals surface area contributed by atoms with E-state index in [1.807, 2.05) is 48.5 Å². The number of hydrogen-bond acceptors (Lipinski definition) is 3. The van der Waals surface area contributed by atoms with E-state index in [9.17, 15) is 4.79 Å². The van der Waals surface area contributed by atoms with Crippen LogP contribution in [0.4, 0.5) is 4.79 Å². The molecule has 0 unspecified atom stereocenters. The Hall–Kier alpha value is -2.09. The van der Waals surface area contributed by atoms with Crippen molar-refractivity contribution in [3.8, 4) is 11.5 Å². The molecule has 2 amide bonds. The normalized spacial score (nSPS) is 10.4. The summed E-state index contributed by atoms with van der Waals surface area (Å²) in [5.41, 5.74) is 7.85. The van der Waals surface area contributed by atoms with Gasteiger partial charge in [0.05, 0.1) is 6.21 Å². The summed E-state index contributed by atoms with van der Waals surface area (Å²) in [6, 6.07) is 14.4. The molecule has 3 N–H and O–H groups in total.